The normalized spacial score (nSPS) is 9.61. The molecular weight excluding hydrogens is 226 g/mol. The molecule has 5 nitrogen and oxygen atoms in total. The molecule has 0 radical (unpaired) electrons. The van der Waals surface area contributed by atoms with Crippen LogP contribution in [0.15, 0.2) is 36.5 Å². The number of nitrogens with one attached hydrogen (secondary N) is 2. The van der Waals surface area contributed by atoms with Crippen LogP contribution in [0.1, 0.15) is 11.1 Å². The highest BCUT2D eigenvalue weighted by Crippen LogP contribution is 2.22. The molecule has 0 amide bonds. The molecule has 0 aliphatic carbocycles. The van der Waals surface area contributed by atoms with E-state index in [0.29, 0.717) is 11.4 Å². The highest BCUT2D eigenvalue weighted by Gasteiger charge is 2.02. The highest BCUT2D eigenvalue weighted by molar-refractivity contribution is 5.66. The van der Waals surface area contributed by atoms with E-state index in [4.69, 9.17) is 11.1 Å². The van der Waals surface area contributed by atoms with Gasteiger partial charge in [-0.3, -0.25) is 0 Å². The van der Waals surface area contributed by atoms with Crippen molar-refractivity contribution in [3.05, 3.63) is 47.7 Å². The van der Waals surface area contributed by atoms with Crippen molar-refractivity contribution in [2.45, 2.75) is 6.92 Å². The van der Waals surface area contributed by atoms with Crippen molar-refractivity contribution in [2.75, 3.05) is 10.7 Å². The second kappa shape index (κ2) is 5.17. The number of aromatic nitrogens is 1. The van der Waals surface area contributed by atoms with E-state index in [1.807, 2.05) is 25.1 Å². The first kappa shape index (κ1) is 11.9. The number of benzene rings is 1. The molecule has 18 heavy (non-hydrogen) atoms. The van der Waals surface area contributed by atoms with Crippen molar-refractivity contribution in [2.24, 2.45) is 5.84 Å². The molecule has 4 N–H and O–H groups in total. The first-order valence-corrected chi connectivity index (χ1v) is 5.43. The lowest BCUT2D eigenvalue weighted by molar-refractivity contribution is 1.23. The van der Waals surface area contributed by atoms with Crippen LogP contribution >= 0.6 is 0 Å². The van der Waals surface area contributed by atoms with Gasteiger partial charge in [-0.1, -0.05) is 6.07 Å². The monoisotopic (exact) mass is 239 g/mol. The molecule has 5 heteroatoms. The molecule has 0 spiro atoms. The Labute approximate surface area is 105 Å². The van der Waals surface area contributed by atoms with E-state index in [1.165, 1.54) is 0 Å². The maximum atomic E-state index is 8.89. The van der Waals surface area contributed by atoms with Crippen LogP contribution in [-0.4, -0.2) is 4.98 Å². The summed E-state index contributed by atoms with van der Waals surface area (Å²) in [5.74, 6) is 5.88. The fourth-order valence-corrected chi connectivity index (χ4v) is 1.57. The predicted molar refractivity (Wildman–Crippen MR) is 71.2 cm³/mol. The second-order valence-corrected chi connectivity index (χ2v) is 3.84. The Hall–Kier alpha value is -2.58. The van der Waals surface area contributed by atoms with Crippen LogP contribution in [0.3, 0.4) is 0 Å². The average Bonchev–Trinajstić information content (AvgIpc) is 2.41. The van der Waals surface area contributed by atoms with E-state index in [-0.39, 0.29) is 0 Å². The molecule has 2 rings (SSSR count). The van der Waals surface area contributed by atoms with Crippen LogP contribution < -0.4 is 16.6 Å². The molecule has 0 bridgehead atoms. The molecule has 1 aromatic heterocycles. The van der Waals surface area contributed by atoms with E-state index in [9.17, 15) is 0 Å². The van der Waals surface area contributed by atoms with Gasteiger partial charge >= 0.3 is 0 Å². The van der Waals surface area contributed by atoms with Crippen LogP contribution in [0.4, 0.5) is 17.2 Å². The Bertz CT molecular complexity index is 601. The number of rotatable bonds is 3. The molecule has 0 unspecified atom stereocenters. The van der Waals surface area contributed by atoms with E-state index in [2.05, 4.69) is 21.8 Å². The molecule has 1 aromatic carbocycles. The maximum absolute atomic E-state index is 8.89. The standard InChI is InChI=1S/C13H13N5/c1-9-2-3-10(8-14)6-12(9)17-11-4-5-16-13(7-11)18-15/h2-7H,15H2,1H3,(H2,16,17,18). The zero-order chi connectivity index (χ0) is 13.0. The number of pyridine rings is 1. The van der Waals surface area contributed by atoms with Crippen molar-refractivity contribution in [1.82, 2.24) is 4.98 Å². The summed E-state index contributed by atoms with van der Waals surface area (Å²) in [6, 6.07) is 11.3. The van der Waals surface area contributed by atoms with Crippen molar-refractivity contribution in [3.8, 4) is 6.07 Å². The van der Waals surface area contributed by atoms with Gasteiger partial charge in [-0.2, -0.15) is 5.26 Å². The maximum Gasteiger partial charge on any atom is 0.141 e. The first-order valence-electron chi connectivity index (χ1n) is 5.43. The molecule has 0 aliphatic heterocycles. The van der Waals surface area contributed by atoms with Gasteiger partial charge in [-0.15, -0.1) is 0 Å². The Morgan fingerprint density at radius 3 is 2.83 bits per heavy atom. The summed E-state index contributed by atoms with van der Waals surface area (Å²) in [5.41, 5.74) is 5.92. The molecule has 0 saturated carbocycles. The van der Waals surface area contributed by atoms with Gasteiger partial charge in [-0.05, 0) is 30.7 Å². The summed E-state index contributed by atoms with van der Waals surface area (Å²) in [6.07, 6.45) is 1.65. The fourth-order valence-electron chi connectivity index (χ4n) is 1.57. The van der Waals surface area contributed by atoms with Crippen molar-refractivity contribution in [1.29, 1.82) is 5.26 Å². The predicted octanol–water partition coefficient (Wildman–Crippen LogP) is 2.29. The topological polar surface area (TPSA) is 86.8 Å². The number of hydrogen-bond donors (Lipinski definition) is 3. The van der Waals surface area contributed by atoms with Crippen molar-refractivity contribution < 1.29 is 0 Å². The number of nitrogens with two attached hydrogens (primary N) is 1. The lowest BCUT2D eigenvalue weighted by Gasteiger charge is -2.10. The van der Waals surface area contributed by atoms with E-state index < -0.39 is 0 Å². The van der Waals surface area contributed by atoms with Gasteiger partial charge in [0.25, 0.3) is 0 Å². The average molecular weight is 239 g/mol. The highest BCUT2D eigenvalue weighted by atomic mass is 15.2. The minimum atomic E-state index is 0.578. The fraction of sp³-hybridized carbons (Fsp3) is 0.0769. The third kappa shape index (κ3) is 2.56. The number of nitriles is 1. The van der Waals surface area contributed by atoms with E-state index in [0.717, 1.165) is 16.9 Å². The summed E-state index contributed by atoms with van der Waals surface area (Å²) >= 11 is 0. The third-order valence-electron chi connectivity index (χ3n) is 2.55. The van der Waals surface area contributed by atoms with Gasteiger partial charge in [0.15, 0.2) is 0 Å². The summed E-state index contributed by atoms with van der Waals surface area (Å²) in [4.78, 5) is 4.03. The lowest BCUT2D eigenvalue weighted by Crippen LogP contribution is -2.08. The number of hydrogen-bond acceptors (Lipinski definition) is 5. The number of hydrazine groups is 1. The second-order valence-electron chi connectivity index (χ2n) is 3.84. The molecule has 0 fully saturated rings. The Kier molecular flexibility index (Phi) is 3.41. The van der Waals surface area contributed by atoms with Gasteiger partial charge in [0.05, 0.1) is 11.6 Å². The van der Waals surface area contributed by atoms with Crippen LogP contribution in [-0.2, 0) is 0 Å². The largest absolute Gasteiger partial charge is 0.355 e. The molecule has 0 saturated heterocycles. The van der Waals surface area contributed by atoms with Gasteiger partial charge < -0.3 is 10.7 Å². The Morgan fingerprint density at radius 2 is 2.11 bits per heavy atom. The van der Waals surface area contributed by atoms with Gasteiger partial charge in [0, 0.05) is 23.6 Å². The SMILES string of the molecule is Cc1ccc(C#N)cc1Nc1ccnc(NN)c1. The molecule has 1 heterocycles. The summed E-state index contributed by atoms with van der Waals surface area (Å²) in [7, 11) is 0. The van der Waals surface area contributed by atoms with Crippen molar-refractivity contribution in [3.63, 3.8) is 0 Å². The molecule has 0 atom stereocenters. The number of nitrogens with zero attached hydrogens (tertiary/aromatic N) is 2. The van der Waals surface area contributed by atoms with Gasteiger partial charge in [0.2, 0.25) is 0 Å². The number of anilines is 3. The minimum Gasteiger partial charge on any atom is -0.355 e. The lowest BCUT2D eigenvalue weighted by atomic mass is 10.1. The smallest absolute Gasteiger partial charge is 0.141 e. The summed E-state index contributed by atoms with van der Waals surface area (Å²) in [6.45, 7) is 1.98. The van der Waals surface area contributed by atoms with E-state index in [1.54, 1.807) is 18.3 Å². The quantitative estimate of drug-likeness (QED) is 0.565. The molecule has 90 valence electrons. The zero-order valence-electron chi connectivity index (χ0n) is 9.94. The Balaban J connectivity index is 2.30. The van der Waals surface area contributed by atoms with Gasteiger partial charge in [0.1, 0.15) is 5.82 Å². The van der Waals surface area contributed by atoms with Crippen molar-refractivity contribution >= 4 is 17.2 Å². The van der Waals surface area contributed by atoms with E-state index >= 15 is 0 Å². The van der Waals surface area contributed by atoms with Crippen LogP contribution in [0.2, 0.25) is 0 Å². The first-order chi connectivity index (χ1) is 8.72. The summed E-state index contributed by atoms with van der Waals surface area (Å²) < 4.78 is 0. The third-order valence-corrected chi connectivity index (χ3v) is 2.55. The van der Waals surface area contributed by atoms with Crippen LogP contribution in [0, 0.1) is 18.3 Å². The molecule has 0 aliphatic rings. The summed E-state index contributed by atoms with van der Waals surface area (Å²) in [5, 5.41) is 12.1. The molecule has 2 aromatic rings. The molecular formula is C13H13N5. The zero-order valence-corrected chi connectivity index (χ0v) is 9.94. The minimum absolute atomic E-state index is 0.578. The number of nitrogen functional groups attached to an aromatic ring is 1. The van der Waals surface area contributed by atoms with Gasteiger partial charge in [-0.25, -0.2) is 10.8 Å². The number of aryl methyl sites for hydroxylation is 1. The Morgan fingerprint density at radius 1 is 1.28 bits per heavy atom. The van der Waals surface area contributed by atoms with Crippen LogP contribution in [0.5, 0.6) is 0 Å². The van der Waals surface area contributed by atoms with Crippen LogP contribution in [0.25, 0.3) is 0 Å².